The van der Waals surface area contributed by atoms with Crippen LogP contribution in [0, 0.1) is 12.7 Å². The molecule has 5 heteroatoms. The average Bonchev–Trinajstić information content (AvgIpc) is 2.88. The molecule has 128 valence electrons. The summed E-state index contributed by atoms with van der Waals surface area (Å²) in [4.78, 5) is 14.3. The fraction of sp³-hybridized carbons (Fsp3) is 0.250. The number of fused-ring (bicyclic) bond motifs is 3. The van der Waals surface area contributed by atoms with Crippen molar-refractivity contribution in [3.05, 3.63) is 53.5 Å². The predicted octanol–water partition coefficient (Wildman–Crippen LogP) is 3.57. The molecule has 2 aromatic carbocycles. The molecule has 4 nitrogen and oxygen atoms in total. The summed E-state index contributed by atoms with van der Waals surface area (Å²) in [5.74, 6) is -0.375. The number of rotatable bonds is 2. The topological polar surface area (TPSA) is 37.3 Å². The zero-order valence-corrected chi connectivity index (χ0v) is 14.6. The van der Waals surface area contributed by atoms with E-state index in [1.54, 1.807) is 6.07 Å². The molecule has 3 aromatic rings. The summed E-state index contributed by atoms with van der Waals surface area (Å²) in [6.07, 6.45) is 0. The summed E-state index contributed by atoms with van der Waals surface area (Å²) in [5.41, 5.74) is 5.26. The Bertz CT molecular complexity index is 987. The normalized spacial score (nSPS) is 13.7. The van der Waals surface area contributed by atoms with Crippen molar-refractivity contribution in [2.45, 2.75) is 13.5 Å². The van der Waals surface area contributed by atoms with E-state index in [1.165, 1.54) is 6.07 Å². The van der Waals surface area contributed by atoms with Gasteiger partial charge < -0.3 is 14.8 Å². The maximum Gasteiger partial charge on any atom is 0.268 e. The number of hydrogen-bond donors (Lipinski definition) is 1. The van der Waals surface area contributed by atoms with Crippen LogP contribution in [0.15, 0.2) is 36.4 Å². The standard InChI is InChI=1S/C20H20FN3O/c1-12-16-10-14(21)11-17(13-4-6-15(7-5-13)23(2)3)19(16)24-9-8-22-20(25)18(12)24/h4-7,10-11H,8-9H2,1-3H3,(H,22,25). The van der Waals surface area contributed by atoms with Crippen molar-refractivity contribution in [1.82, 2.24) is 9.88 Å². The van der Waals surface area contributed by atoms with E-state index in [9.17, 15) is 9.18 Å². The van der Waals surface area contributed by atoms with E-state index in [4.69, 9.17) is 0 Å². The van der Waals surface area contributed by atoms with Gasteiger partial charge in [-0.2, -0.15) is 0 Å². The SMILES string of the molecule is Cc1c2n(c3c(-c4ccc(N(C)C)cc4)cc(F)cc13)CCNC2=O. The summed E-state index contributed by atoms with van der Waals surface area (Å²) in [6, 6.07) is 11.1. The lowest BCUT2D eigenvalue weighted by atomic mass is 10.0. The summed E-state index contributed by atoms with van der Waals surface area (Å²) in [7, 11) is 3.97. The van der Waals surface area contributed by atoms with Crippen LogP contribution in [0.25, 0.3) is 22.0 Å². The zero-order valence-electron chi connectivity index (χ0n) is 14.6. The molecule has 1 N–H and O–H groups in total. The van der Waals surface area contributed by atoms with E-state index >= 15 is 0 Å². The number of nitrogens with zero attached hydrogens (tertiary/aromatic N) is 2. The molecule has 0 spiro atoms. The first-order valence-corrected chi connectivity index (χ1v) is 8.35. The number of halogens is 1. The molecule has 0 unspecified atom stereocenters. The molecule has 0 bridgehead atoms. The van der Waals surface area contributed by atoms with Crippen LogP contribution in [0.3, 0.4) is 0 Å². The van der Waals surface area contributed by atoms with Gasteiger partial charge in [-0.1, -0.05) is 12.1 Å². The van der Waals surface area contributed by atoms with E-state index in [2.05, 4.69) is 5.32 Å². The molecule has 25 heavy (non-hydrogen) atoms. The van der Waals surface area contributed by atoms with Gasteiger partial charge >= 0.3 is 0 Å². The zero-order chi connectivity index (χ0) is 17.7. The quantitative estimate of drug-likeness (QED) is 0.776. The van der Waals surface area contributed by atoms with Crippen LogP contribution in [-0.4, -0.2) is 31.1 Å². The van der Waals surface area contributed by atoms with E-state index in [0.29, 0.717) is 18.8 Å². The van der Waals surface area contributed by atoms with Crippen LogP contribution in [0.5, 0.6) is 0 Å². The Hall–Kier alpha value is -2.82. The van der Waals surface area contributed by atoms with Crippen LogP contribution in [-0.2, 0) is 6.54 Å². The van der Waals surface area contributed by atoms with E-state index in [1.807, 2.05) is 54.8 Å². The molecule has 1 aliphatic rings. The van der Waals surface area contributed by atoms with Crippen molar-refractivity contribution in [2.24, 2.45) is 0 Å². The van der Waals surface area contributed by atoms with Gasteiger partial charge in [0, 0.05) is 43.8 Å². The highest BCUT2D eigenvalue weighted by molar-refractivity contribution is 6.06. The van der Waals surface area contributed by atoms with Crippen molar-refractivity contribution < 1.29 is 9.18 Å². The minimum atomic E-state index is -0.286. The number of anilines is 1. The second kappa shape index (κ2) is 5.62. The molecule has 1 aromatic heterocycles. The Balaban J connectivity index is 2.01. The van der Waals surface area contributed by atoms with Crippen LogP contribution in [0.2, 0.25) is 0 Å². The van der Waals surface area contributed by atoms with E-state index < -0.39 is 0 Å². The van der Waals surface area contributed by atoms with Crippen molar-refractivity contribution >= 4 is 22.5 Å². The summed E-state index contributed by atoms with van der Waals surface area (Å²) in [5, 5.41) is 3.68. The maximum absolute atomic E-state index is 14.3. The molecule has 1 amide bonds. The molecule has 0 aliphatic carbocycles. The van der Waals surface area contributed by atoms with E-state index in [-0.39, 0.29) is 11.7 Å². The third kappa shape index (κ3) is 2.38. The fourth-order valence-corrected chi connectivity index (χ4v) is 3.66. The molecule has 0 saturated carbocycles. The lowest BCUT2D eigenvalue weighted by Gasteiger charge is -2.19. The molecular formula is C20H20FN3O. The largest absolute Gasteiger partial charge is 0.378 e. The molecule has 0 fully saturated rings. The van der Waals surface area contributed by atoms with Gasteiger partial charge in [0.25, 0.3) is 5.91 Å². The van der Waals surface area contributed by atoms with Crippen LogP contribution in [0.4, 0.5) is 10.1 Å². The molecule has 0 saturated heterocycles. The summed E-state index contributed by atoms with van der Waals surface area (Å²) in [6.45, 7) is 3.17. The highest BCUT2D eigenvalue weighted by Crippen LogP contribution is 2.36. The molecule has 0 atom stereocenters. The first kappa shape index (κ1) is 15.7. The monoisotopic (exact) mass is 337 g/mol. The lowest BCUT2D eigenvalue weighted by Crippen LogP contribution is -2.35. The third-order valence-electron chi connectivity index (χ3n) is 4.90. The number of hydrogen-bond acceptors (Lipinski definition) is 2. The van der Waals surface area contributed by atoms with Crippen molar-refractivity contribution in [3.63, 3.8) is 0 Å². The highest BCUT2D eigenvalue weighted by Gasteiger charge is 2.25. The van der Waals surface area contributed by atoms with Gasteiger partial charge in [-0.05, 0) is 42.3 Å². The second-order valence-electron chi connectivity index (χ2n) is 6.67. The van der Waals surface area contributed by atoms with Crippen LogP contribution >= 0.6 is 0 Å². The molecule has 1 aliphatic heterocycles. The average molecular weight is 337 g/mol. The molecule has 0 radical (unpaired) electrons. The number of benzene rings is 2. The van der Waals surface area contributed by atoms with Crippen molar-refractivity contribution in [3.8, 4) is 11.1 Å². The molecule has 2 heterocycles. The Morgan fingerprint density at radius 3 is 2.56 bits per heavy atom. The number of carbonyl (C=O) groups excluding carboxylic acids is 1. The van der Waals surface area contributed by atoms with Gasteiger partial charge in [-0.15, -0.1) is 0 Å². The maximum atomic E-state index is 14.3. The lowest BCUT2D eigenvalue weighted by molar-refractivity contribution is 0.0928. The smallest absolute Gasteiger partial charge is 0.268 e. The Kier molecular flexibility index (Phi) is 3.53. The minimum Gasteiger partial charge on any atom is -0.378 e. The second-order valence-corrected chi connectivity index (χ2v) is 6.67. The Morgan fingerprint density at radius 2 is 1.88 bits per heavy atom. The van der Waals surface area contributed by atoms with Crippen molar-refractivity contribution in [2.75, 3.05) is 25.5 Å². The minimum absolute atomic E-state index is 0.0886. The van der Waals surface area contributed by atoms with Gasteiger partial charge in [0.1, 0.15) is 11.5 Å². The number of nitrogens with one attached hydrogen (secondary N) is 1. The Morgan fingerprint density at radius 1 is 1.16 bits per heavy atom. The number of amides is 1. The summed E-state index contributed by atoms with van der Waals surface area (Å²) < 4.78 is 16.3. The number of aromatic nitrogens is 1. The number of aryl methyl sites for hydroxylation is 1. The first-order chi connectivity index (χ1) is 12.0. The van der Waals surface area contributed by atoms with Gasteiger partial charge in [0.2, 0.25) is 0 Å². The van der Waals surface area contributed by atoms with Gasteiger partial charge in [-0.3, -0.25) is 4.79 Å². The highest BCUT2D eigenvalue weighted by atomic mass is 19.1. The summed E-state index contributed by atoms with van der Waals surface area (Å²) >= 11 is 0. The van der Waals surface area contributed by atoms with Crippen molar-refractivity contribution in [1.29, 1.82) is 0 Å². The first-order valence-electron chi connectivity index (χ1n) is 8.35. The van der Waals surface area contributed by atoms with Crippen LogP contribution in [0.1, 0.15) is 16.1 Å². The van der Waals surface area contributed by atoms with E-state index in [0.717, 1.165) is 33.3 Å². The Labute approximate surface area is 145 Å². The third-order valence-corrected chi connectivity index (χ3v) is 4.90. The van der Waals surface area contributed by atoms with Gasteiger partial charge in [0.05, 0.1) is 5.52 Å². The number of carbonyl (C=O) groups is 1. The predicted molar refractivity (Wildman–Crippen MR) is 98.7 cm³/mol. The van der Waals surface area contributed by atoms with Gasteiger partial charge in [0.15, 0.2) is 0 Å². The fourth-order valence-electron chi connectivity index (χ4n) is 3.66. The molecular weight excluding hydrogens is 317 g/mol. The molecule has 4 rings (SSSR count). The van der Waals surface area contributed by atoms with Gasteiger partial charge in [-0.25, -0.2) is 4.39 Å². The van der Waals surface area contributed by atoms with Crippen LogP contribution < -0.4 is 10.2 Å².